The van der Waals surface area contributed by atoms with Gasteiger partial charge in [0.05, 0.1) is 0 Å². The number of hydrogen-bond donors (Lipinski definition) is 1. The van der Waals surface area contributed by atoms with E-state index in [-0.39, 0.29) is 11.6 Å². The fourth-order valence-electron chi connectivity index (χ4n) is 1.68. The van der Waals surface area contributed by atoms with Crippen LogP contribution in [0, 0.1) is 5.82 Å². The molecule has 1 aromatic carbocycles. The van der Waals surface area contributed by atoms with E-state index < -0.39 is 11.9 Å². The summed E-state index contributed by atoms with van der Waals surface area (Å²) in [5, 5.41) is 2.82. The van der Waals surface area contributed by atoms with E-state index in [9.17, 15) is 17.6 Å². The van der Waals surface area contributed by atoms with E-state index in [1.54, 1.807) is 12.1 Å². The molecule has 1 N–H and O–H groups in total. The summed E-state index contributed by atoms with van der Waals surface area (Å²) in [7, 11) is 0. The quantitative estimate of drug-likeness (QED) is 0.861. The summed E-state index contributed by atoms with van der Waals surface area (Å²) in [6.07, 6.45) is -3.88. The molecule has 0 aliphatic carbocycles. The van der Waals surface area contributed by atoms with Crippen molar-refractivity contribution in [2.24, 2.45) is 0 Å². The zero-order valence-corrected chi connectivity index (χ0v) is 10.4. The van der Waals surface area contributed by atoms with E-state index in [4.69, 9.17) is 0 Å². The summed E-state index contributed by atoms with van der Waals surface area (Å²) in [6, 6.07) is 9.66. The Kier molecular flexibility index (Phi) is 4.22. The van der Waals surface area contributed by atoms with Gasteiger partial charge in [-0.15, -0.1) is 0 Å². The molecular formula is C14H12F4N2. The Morgan fingerprint density at radius 1 is 1.00 bits per heavy atom. The van der Waals surface area contributed by atoms with Crippen LogP contribution in [0.25, 0.3) is 0 Å². The first-order valence-corrected chi connectivity index (χ1v) is 5.98. The van der Waals surface area contributed by atoms with Crippen molar-refractivity contribution in [1.82, 2.24) is 4.98 Å². The summed E-state index contributed by atoms with van der Waals surface area (Å²) < 4.78 is 50.1. The number of nitrogens with one attached hydrogen (secondary N) is 1. The number of halogens is 4. The van der Waals surface area contributed by atoms with E-state index in [0.717, 1.165) is 11.6 Å². The van der Waals surface area contributed by atoms with Gasteiger partial charge in [0.25, 0.3) is 0 Å². The normalized spacial score (nSPS) is 11.4. The van der Waals surface area contributed by atoms with Crippen molar-refractivity contribution in [3.05, 3.63) is 59.5 Å². The van der Waals surface area contributed by atoms with Gasteiger partial charge in [0.2, 0.25) is 0 Å². The second kappa shape index (κ2) is 5.90. The molecule has 0 saturated carbocycles. The maximum Gasteiger partial charge on any atom is 0.433 e. The predicted octanol–water partition coefficient (Wildman–Crippen LogP) is 3.89. The Labute approximate surface area is 113 Å². The van der Waals surface area contributed by atoms with Gasteiger partial charge < -0.3 is 5.32 Å². The van der Waals surface area contributed by atoms with Gasteiger partial charge in [-0.05, 0) is 36.2 Å². The molecule has 0 fully saturated rings. The van der Waals surface area contributed by atoms with Gasteiger partial charge in [0.1, 0.15) is 17.3 Å². The van der Waals surface area contributed by atoms with Crippen LogP contribution in [0.4, 0.5) is 23.4 Å². The maximum absolute atomic E-state index is 12.7. The fourth-order valence-corrected chi connectivity index (χ4v) is 1.68. The lowest BCUT2D eigenvalue weighted by Crippen LogP contribution is -2.11. The van der Waals surface area contributed by atoms with Gasteiger partial charge >= 0.3 is 6.18 Å². The number of alkyl halides is 3. The van der Waals surface area contributed by atoms with Crippen LogP contribution in [-0.4, -0.2) is 11.5 Å². The molecule has 0 bridgehead atoms. The zero-order valence-electron chi connectivity index (χ0n) is 10.4. The molecule has 0 aliphatic heterocycles. The van der Waals surface area contributed by atoms with E-state index in [1.807, 2.05) is 0 Å². The molecule has 2 nitrogen and oxygen atoms in total. The van der Waals surface area contributed by atoms with Crippen molar-refractivity contribution >= 4 is 5.82 Å². The van der Waals surface area contributed by atoms with Crippen LogP contribution in [0.2, 0.25) is 0 Å². The summed E-state index contributed by atoms with van der Waals surface area (Å²) in [6.45, 7) is 0.417. The lowest BCUT2D eigenvalue weighted by molar-refractivity contribution is -0.141. The molecule has 2 aromatic rings. The van der Waals surface area contributed by atoms with Crippen LogP contribution < -0.4 is 5.32 Å². The largest absolute Gasteiger partial charge is 0.433 e. The molecule has 0 radical (unpaired) electrons. The average Bonchev–Trinajstić information content (AvgIpc) is 2.40. The van der Waals surface area contributed by atoms with Gasteiger partial charge in [-0.1, -0.05) is 18.2 Å². The Bertz CT molecular complexity index is 564. The average molecular weight is 284 g/mol. The SMILES string of the molecule is Fc1ccc(CCNc2cccc(C(F)(F)F)n2)cc1. The van der Waals surface area contributed by atoms with E-state index in [1.165, 1.54) is 24.3 Å². The van der Waals surface area contributed by atoms with Crippen LogP contribution >= 0.6 is 0 Å². The Morgan fingerprint density at radius 3 is 2.35 bits per heavy atom. The lowest BCUT2D eigenvalue weighted by Gasteiger charge is -2.09. The number of hydrogen-bond acceptors (Lipinski definition) is 2. The van der Waals surface area contributed by atoms with Crippen LogP contribution in [0.1, 0.15) is 11.3 Å². The third-order valence-electron chi connectivity index (χ3n) is 2.67. The summed E-state index contributed by atoms with van der Waals surface area (Å²) >= 11 is 0. The van der Waals surface area contributed by atoms with Crippen molar-refractivity contribution in [3.8, 4) is 0 Å². The Morgan fingerprint density at radius 2 is 1.70 bits per heavy atom. The highest BCUT2D eigenvalue weighted by Crippen LogP contribution is 2.28. The molecule has 0 amide bonds. The number of anilines is 1. The number of benzene rings is 1. The van der Waals surface area contributed by atoms with Crippen LogP contribution in [-0.2, 0) is 12.6 Å². The highest BCUT2D eigenvalue weighted by molar-refractivity contribution is 5.36. The van der Waals surface area contributed by atoms with Crippen molar-refractivity contribution in [2.45, 2.75) is 12.6 Å². The fraction of sp³-hybridized carbons (Fsp3) is 0.214. The lowest BCUT2D eigenvalue weighted by atomic mass is 10.1. The second-order valence-electron chi connectivity index (χ2n) is 4.21. The van der Waals surface area contributed by atoms with Crippen LogP contribution in [0.3, 0.4) is 0 Å². The molecular weight excluding hydrogens is 272 g/mol. The molecule has 1 aromatic heterocycles. The smallest absolute Gasteiger partial charge is 0.370 e. The predicted molar refractivity (Wildman–Crippen MR) is 67.8 cm³/mol. The molecule has 6 heteroatoms. The molecule has 0 spiro atoms. The van der Waals surface area contributed by atoms with E-state index >= 15 is 0 Å². The number of aromatic nitrogens is 1. The maximum atomic E-state index is 12.7. The topological polar surface area (TPSA) is 24.9 Å². The summed E-state index contributed by atoms with van der Waals surface area (Å²) in [4.78, 5) is 3.49. The van der Waals surface area contributed by atoms with Gasteiger partial charge in [-0.25, -0.2) is 9.37 Å². The zero-order chi connectivity index (χ0) is 14.6. The molecule has 20 heavy (non-hydrogen) atoms. The molecule has 2 rings (SSSR count). The second-order valence-corrected chi connectivity index (χ2v) is 4.21. The summed E-state index contributed by atoms with van der Waals surface area (Å²) in [5.41, 5.74) is -0.0323. The molecule has 0 atom stereocenters. The third kappa shape index (κ3) is 3.94. The van der Waals surface area contributed by atoms with Crippen molar-refractivity contribution in [3.63, 3.8) is 0 Å². The first-order valence-electron chi connectivity index (χ1n) is 5.98. The van der Waals surface area contributed by atoms with Crippen LogP contribution in [0.15, 0.2) is 42.5 Å². The molecule has 1 heterocycles. The standard InChI is InChI=1S/C14H12F4N2/c15-11-6-4-10(5-7-11)8-9-19-13-3-1-2-12(20-13)14(16,17)18/h1-7H,8-9H2,(H,19,20). The van der Waals surface area contributed by atoms with Gasteiger partial charge in [0, 0.05) is 6.54 Å². The molecule has 0 saturated heterocycles. The number of rotatable bonds is 4. The first kappa shape index (κ1) is 14.3. The minimum atomic E-state index is -4.45. The van der Waals surface area contributed by atoms with Gasteiger partial charge in [-0.2, -0.15) is 13.2 Å². The molecule has 106 valence electrons. The van der Waals surface area contributed by atoms with E-state index in [2.05, 4.69) is 10.3 Å². The van der Waals surface area contributed by atoms with Gasteiger partial charge in [-0.3, -0.25) is 0 Å². The van der Waals surface area contributed by atoms with Crippen molar-refractivity contribution in [2.75, 3.05) is 11.9 Å². The van der Waals surface area contributed by atoms with Crippen LogP contribution in [0.5, 0.6) is 0 Å². The van der Waals surface area contributed by atoms with E-state index in [0.29, 0.717) is 13.0 Å². The highest BCUT2D eigenvalue weighted by atomic mass is 19.4. The van der Waals surface area contributed by atoms with Crippen molar-refractivity contribution in [1.29, 1.82) is 0 Å². The number of nitrogens with zero attached hydrogens (tertiary/aromatic N) is 1. The van der Waals surface area contributed by atoms with Crippen molar-refractivity contribution < 1.29 is 17.6 Å². The Balaban J connectivity index is 1.93. The minimum absolute atomic E-state index is 0.168. The third-order valence-corrected chi connectivity index (χ3v) is 2.67. The monoisotopic (exact) mass is 284 g/mol. The highest BCUT2D eigenvalue weighted by Gasteiger charge is 2.32. The first-order chi connectivity index (χ1) is 9.45. The minimum Gasteiger partial charge on any atom is -0.370 e. The molecule has 0 unspecified atom stereocenters. The molecule has 0 aliphatic rings. The number of pyridine rings is 1. The van der Waals surface area contributed by atoms with Gasteiger partial charge in [0.15, 0.2) is 0 Å². The summed E-state index contributed by atoms with van der Waals surface area (Å²) in [5.74, 6) is -0.150. The Hall–Kier alpha value is -2.11.